The first kappa shape index (κ1) is 100. The van der Waals surface area contributed by atoms with Crippen LogP contribution in [0.2, 0.25) is 0 Å². The van der Waals surface area contributed by atoms with Crippen molar-refractivity contribution in [3.63, 3.8) is 0 Å². The van der Waals surface area contributed by atoms with Gasteiger partial charge in [0, 0.05) is 19.3 Å². The predicted molar refractivity (Wildman–Crippen MR) is 436 cm³/mol. The van der Waals surface area contributed by atoms with E-state index in [4.69, 9.17) is 37.0 Å². The summed E-state index contributed by atoms with van der Waals surface area (Å²) in [5.74, 6) is -2.43. The molecule has 3 N–H and O–H groups in total. The molecule has 0 aliphatic rings. The van der Waals surface area contributed by atoms with E-state index < -0.39 is 97.5 Å². The van der Waals surface area contributed by atoms with Crippen molar-refractivity contribution in [2.24, 2.45) is 0 Å². The molecule has 0 aromatic carbocycles. The van der Waals surface area contributed by atoms with E-state index in [0.29, 0.717) is 32.1 Å². The van der Waals surface area contributed by atoms with Gasteiger partial charge < -0.3 is 33.8 Å². The van der Waals surface area contributed by atoms with Gasteiger partial charge in [-0.3, -0.25) is 37.3 Å². The minimum absolute atomic E-state index is 0.0566. The standard InChI is InChI=1S/C87H140O17P2/c1-5-9-13-17-21-25-29-33-37-39-40-42-46-48-52-56-60-64-68-72-85(90)98-78-83(104-87(92)74-70-66-62-58-54-50-44-36-32-28-24-20-16-12-8-4)80-102-106(95,96)100-76-81(88)75-99-105(93,94)101-79-82(103-86(91)73-69-65-61-57-53-49-43-35-31-27-23-19-15-11-7-3)77-97-84(89)71-67-63-59-55-51-47-45-41-38-34-30-26-22-18-14-10-6-2/h9-11,13-15,21-23,25-27,33-38,40,42-45,47,53,55,57,59,65,69,81-83,88H,5-8,12,16-20,24,28-32,39,41,46,48-52,54,56,58,60-64,66-68,70-80H2,1-4H3,(H,93,94)(H,95,96)/b13-9-,14-10-,15-11-,25-21-,26-22-,27-23-,37-33-,38-34-,42-40-,43-35-,44-36-,47-45-,57-53-,59-55-,69-65-. The number of phosphoric acid groups is 2. The minimum Gasteiger partial charge on any atom is -0.462 e. The van der Waals surface area contributed by atoms with Crippen LogP contribution in [0.25, 0.3) is 0 Å². The molecule has 5 atom stereocenters. The molecule has 0 spiro atoms. The van der Waals surface area contributed by atoms with Crippen LogP contribution in [0.5, 0.6) is 0 Å². The number of aliphatic hydroxyl groups is 1. The number of esters is 4. The molecule has 0 heterocycles. The average molecular weight is 1520 g/mol. The maximum atomic E-state index is 13.1. The van der Waals surface area contributed by atoms with E-state index in [1.807, 2.05) is 24.3 Å². The summed E-state index contributed by atoms with van der Waals surface area (Å²) >= 11 is 0. The third kappa shape index (κ3) is 76.4. The molecule has 0 amide bonds. The zero-order chi connectivity index (χ0) is 77.4. The van der Waals surface area contributed by atoms with E-state index in [2.05, 4.69) is 174 Å². The lowest BCUT2D eigenvalue weighted by Crippen LogP contribution is -2.30. The summed E-state index contributed by atoms with van der Waals surface area (Å²) in [6.07, 6.45) is 93.4. The number of unbranched alkanes of at least 4 members (excludes halogenated alkanes) is 18. The molecule has 0 saturated heterocycles. The molecule has 0 saturated carbocycles. The van der Waals surface area contributed by atoms with E-state index >= 15 is 0 Å². The molecular formula is C87H140O17P2. The number of hydrogen-bond donors (Lipinski definition) is 3. The summed E-state index contributed by atoms with van der Waals surface area (Å²) in [4.78, 5) is 73.0. The zero-order valence-corrected chi connectivity index (χ0v) is 67.3. The maximum absolute atomic E-state index is 13.1. The average Bonchev–Trinajstić information content (AvgIpc) is 0.928. The van der Waals surface area contributed by atoms with Gasteiger partial charge in [-0.2, -0.15) is 0 Å². The number of allylic oxidation sites excluding steroid dienone is 29. The number of phosphoric ester groups is 2. The van der Waals surface area contributed by atoms with Gasteiger partial charge in [-0.25, -0.2) is 9.13 Å². The second kappa shape index (κ2) is 77.3. The second-order valence-electron chi connectivity index (χ2n) is 25.9. The normalized spacial score (nSPS) is 14.8. The lowest BCUT2D eigenvalue weighted by atomic mass is 10.1. The van der Waals surface area contributed by atoms with Crippen molar-refractivity contribution in [2.45, 2.75) is 303 Å². The van der Waals surface area contributed by atoms with Gasteiger partial charge in [-0.05, 0) is 154 Å². The largest absolute Gasteiger partial charge is 0.472 e. The van der Waals surface area contributed by atoms with Gasteiger partial charge in [0.1, 0.15) is 19.3 Å². The topological polar surface area (TPSA) is 237 Å². The van der Waals surface area contributed by atoms with Gasteiger partial charge in [0.05, 0.1) is 32.8 Å². The number of ether oxygens (including phenoxy) is 4. The summed E-state index contributed by atoms with van der Waals surface area (Å²) in [5, 5.41) is 10.6. The summed E-state index contributed by atoms with van der Waals surface area (Å²) in [6.45, 7) is 4.31. The van der Waals surface area contributed by atoms with Gasteiger partial charge in [-0.1, -0.05) is 287 Å². The Bertz CT molecular complexity index is 2730. The van der Waals surface area contributed by atoms with E-state index in [1.165, 1.54) is 38.5 Å². The van der Waals surface area contributed by atoms with Gasteiger partial charge in [0.25, 0.3) is 0 Å². The smallest absolute Gasteiger partial charge is 0.462 e. The molecule has 0 aliphatic heterocycles. The van der Waals surface area contributed by atoms with E-state index in [1.54, 1.807) is 12.2 Å². The molecule has 600 valence electrons. The van der Waals surface area contributed by atoms with Crippen LogP contribution in [0, 0.1) is 0 Å². The Hall–Kier alpha value is -5.84. The van der Waals surface area contributed by atoms with Crippen LogP contribution in [0.1, 0.15) is 285 Å². The Morgan fingerprint density at radius 2 is 0.538 bits per heavy atom. The Morgan fingerprint density at radius 1 is 0.283 bits per heavy atom. The van der Waals surface area contributed by atoms with Crippen LogP contribution in [-0.2, 0) is 65.4 Å². The first-order chi connectivity index (χ1) is 51.7. The van der Waals surface area contributed by atoms with Gasteiger partial charge in [0.2, 0.25) is 0 Å². The molecule has 0 fully saturated rings. The number of rotatable bonds is 73. The zero-order valence-electron chi connectivity index (χ0n) is 65.5. The second-order valence-corrected chi connectivity index (χ2v) is 28.8. The fraction of sp³-hybridized carbons (Fsp3) is 0.609. The molecule has 17 nitrogen and oxygen atoms in total. The molecule has 0 aliphatic carbocycles. The number of carbonyl (C=O) groups excluding carboxylic acids is 4. The van der Waals surface area contributed by atoms with Gasteiger partial charge in [0.15, 0.2) is 12.2 Å². The fourth-order valence-corrected chi connectivity index (χ4v) is 11.5. The highest BCUT2D eigenvalue weighted by atomic mass is 31.2. The van der Waals surface area contributed by atoms with Gasteiger partial charge >= 0.3 is 39.5 Å². The van der Waals surface area contributed by atoms with E-state index in [0.717, 1.165) is 161 Å². The Labute approximate surface area is 641 Å². The lowest BCUT2D eigenvalue weighted by molar-refractivity contribution is -0.161. The van der Waals surface area contributed by atoms with Crippen molar-refractivity contribution in [1.29, 1.82) is 0 Å². The van der Waals surface area contributed by atoms with Crippen LogP contribution < -0.4 is 0 Å². The van der Waals surface area contributed by atoms with E-state index in [9.17, 15) is 43.2 Å². The molecule has 5 unspecified atom stereocenters. The van der Waals surface area contributed by atoms with Crippen LogP contribution in [-0.4, -0.2) is 96.7 Å². The van der Waals surface area contributed by atoms with Crippen molar-refractivity contribution in [3.8, 4) is 0 Å². The summed E-state index contributed by atoms with van der Waals surface area (Å²) in [6, 6.07) is 0. The van der Waals surface area contributed by atoms with Crippen molar-refractivity contribution >= 4 is 39.5 Å². The number of hydrogen-bond acceptors (Lipinski definition) is 15. The van der Waals surface area contributed by atoms with E-state index in [-0.39, 0.29) is 25.7 Å². The van der Waals surface area contributed by atoms with Crippen molar-refractivity contribution < 1.29 is 80.2 Å². The molecule has 0 bridgehead atoms. The number of aliphatic hydroxyl groups excluding tert-OH is 1. The molecule has 19 heteroatoms. The lowest BCUT2D eigenvalue weighted by Gasteiger charge is -2.21. The highest BCUT2D eigenvalue weighted by Crippen LogP contribution is 2.45. The molecular weight excluding hydrogens is 1380 g/mol. The van der Waals surface area contributed by atoms with Crippen LogP contribution in [0.4, 0.5) is 0 Å². The highest BCUT2D eigenvalue weighted by molar-refractivity contribution is 7.47. The first-order valence-corrected chi connectivity index (χ1v) is 43.0. The monoisotopic (exact) mass is 1520 g/mol. The van der Waals surface area contributed by atoms with Gasteiger partial charge in [-0.15, -0.1) is 0 Å². The molecule has 0 rings (SSSR count). The minimum atomic E-state index is -5.02. The van der Waals surface area contributed by atoms with Crippen LogP contribution in [0.3, 0.4) is 0 Å². The van der Waals surface area contributed by atoms with Crippen molar-refractivity contribution in [3.05, 3.63) is 182 Å². The third-order valence-corrected chi connectivity index (χ3v) is 17.8. The first-order valence-electron chi connectivity index (χ1n) is 40.0. The Kier molecular flexibility index (Phi) is 73.1. The molecule has 106 heavy (non-hydrogen) atoms. The molecule has 0 radical (unpaired) electrons. The SMILES string of the molecule is CC/C=C\C/C=C\C/C=C\C/C=C\C/C=C\CCCC(=O)OCC(COP(=O)(O)OCC(O)COP(=O)(O)OCC(COC(=O)CCCCCCCC/C=C\C/C=C\C/C=C\C/C=C\CC)OC(=O)CCCCCCC/C=C\CCCCCCCC)OC(=O)C/C=C\C/C=C\C/C=C\C/C=C\C/C=C\CC. The Balaban J connectivity index is 5.50. The van der Waals surface area contributed by atoms with Crippen molar-refractivity contribution in [1.82, 2.24) is 0 Å². The predicted octanol–water partition coefficient (Wildman–Crippen LogP) is 23.6. The summed E-state index contributed by atoms with van der Waals surface area (Å²) in [7, 11) is -10.0. The van der Waals surface area contributed by atoms with Crippen molar-refractivity contribution in [2.75, 3.05) is 39.6 Å². The van der Waals surface area contributed by atoms with Crippen LogP contribution >= 0.6 is 15.6 Å². The maximum Gasteiger partial charge on any atom is 0.472 e. The van der Waals surface area contributed by atoms with Crippen LogP contribution in [0.15, 0.2) is 182 Å². The molecule has 0 aromatic rings. The Morgan fingerprint density at radius 3 is 0.887 bits per heavy atom. The quantitative estimate of drug-likeness (QED) is 0.0169. The summed E-state index contributed by atoms with van der Waals surface area (Å²) in [5.41, 5.74) is 0. The highest BCUT2D eigenvalue weighted by Gasteiger charge is 2.30. The number of carbonyl (C=O) groups is 4. The molecule has 0 aromatic heterocycles. The third-order valence-electron chi connectivity index (χ3n) is 15.9. The fourth-order valence-electron chi connectivity index (χ4n) is 9.90. The summed E-state index contributed by atoms with van der Waals surface area (Å²) < 4.78 is 68.4.